The van der Waals surface area contributed by atoms with Crippen molar-refractivity contribution in [2.24, 2.45) is 0 Å². The minimum Gasteiger partial charge on any atom is -0.345 e. The van der Waals surface area contributed by atoms with Gasteiger partial charge < -0.3 is 4.90 Å². The summed E-state index contributed by atoms with van der Waals surface area (Å²) in [6, 6.07) is 28.2. The number of benzene rings is 3. The molecule has 1 aliphatic carbocycles. The molecule has 0 heterocycles. The molecule has 0 N–H and O–H groups in total. The summed E-state index contributed by atoms with van der Waals surface area (Å²) >= 11 is 0. The van der Waals surface area contributed by atoms with Gasteiger partial charge >= 0.3 is 0 Å². The van der Waals surface area contributed by atoms with Crippen LogP contribution in [0.25, 0.3) is 11.1 Å². The number of anilines is 1. The number of para-hydroxylation sites is 1. The molecule has 1 heteroatoms. The zero-order valence-electron chi connectivity index (χ0n) is 20.3. The smallest absolute Gasteiger partial charge is 0.0417 e. The average molecular weight is 432 g/mol. The van der Waals surface area contributed by atoms with E-state index < -0.39 is 0 Å². The van der Waals surface area contributed by atoms with Gasteiger partial charge in [0.1, 0.15) is 0 Å². The molecule has 3 aromatic carbocycles. The Kier molecular flexibility index (Phi) is 6.51. The molecule has 0 radical (unpaired) electrons. The number of nitrogens with zero attached hydrogens (tertiary/aromatic N) is 1. The number of hydrogen-bond acceptors (Lipinski definition) is 1. The van der Waals surface area contributed by atoms with Crippen molar-refractivity contribution in [2.45, 2.75) is 33.6 Å². The molecule has 0 aromatic heterocycles. The Morgan fingerprint density at radius 3 is 2.12 bits per heavy atom. The molecule has 0 saturated carbocycles. The Morgan fingerprint density at radius 2 is 1.48 bits per heavy atom. The lowest BCUT2D eigenvalue weighted by Crippen LogP contribution is -2.18. The van der Waals surface area contributed by atoms with Crippen LogP contribution in [0.15, 0.2) is 114 Å². The van der Waals surface area contributed by atoms with Crippen molar-refractivity contribution in [3.63, 3.8) is 0 Å². The zero-order chi connectivity index (χ0) is 23.5. The van der Waals surface area contributed by atoms with E-state index in [1.807, 2.05) is 6.07 Å². The first-order chi connectivity index (χ1) is 15.9. The summed E-state index contributed by atoms with van der Waals surface area (Å²) in [5, 5.41) is 0. The summed E-state index contributed by atoms with van der Waals surface area (Å²) < 4.78 is 0. The molecule has 0 aliphatic heterocycles. The fourth-order valence-corrected chi connectivity index (χ4v) is 4.71. The highest BCUT2D eigenvalue weighted by atomic mass is 15.1. The number of allylic oxidation sites excluding steroid dienone is 4. The third-order valence-electron chi connectivity index (χ3n) is 6.72. The number of hydrogen-bond donors (Lipinski definition) is 0. The number of fused-ring (bicyclic) bond motifs is 1. The van der Waals surface area contributed by atoms with Crippen LogP contribution in [0, 0.1) is 0 Å². The summed E-state index contributed by atoms with van der Waals surface area (Å²) in [5.41, 5.74) is 13.5. The second-order valence-corrected chi connectivity index (χ2v) is 8.86. The van der Waals surface area contributed by atoms with Crippen LogP contribution in [-0.2, 0) is 12.8 Å². The van der Waals surface area contributed by atoms with Crippen molar-refractivity contribution in [3.8, 4) is 0 Å². The Morgan fingerprint density at radius 1 is 0.848 bits per heavy atom. The Balaban J connectivity index is 1.93. The standard InChI is InChI=1S/C32H33N/c1-7-25-17-19-26(20-18-25)23(4)30-21-27-13-11-12-16-29(27)32(30)31(22(2)3)24(5)33(6)28-14-9-8-10-15-28/h8-20H,2,5,7,21H2,1,3-4,6H3/b30-23+,32-31-. The minimum atomic E-state index is 0.923. The SMILES string of the molecule is C=C(C)/C(C(=C)N(C)c1ccccc1)=C1/C(=C(\C)c2ccc(CC)cc2)Cc2ccccc21. The van der Waals surface area contributed by atoms with Crippen molar-refractivity contribution in [1.29, 1.82) is 0 Å². The molecule has 4 rings (SSSR count). The van der Waals surface area contributed by atoms with E-state index in [0.717, 1.165) is 35.4 Å². The topological polar surface area (TPSA) is 3.24 Å². The summed E-state index contributed by atoms with van der Waals surface area (Å²) in [7, 11) is 2.09. The van der Waals surface area contributed by atoms with Crippen molar-refractivity contribution in [3.05, 3.63) is 137 Å². The molecule has 0 unspecified atom stereocenters. The largest absolute Gasteiger partial charge is 0.345 e. The molecule has 0 saturated heterocycles. The predicted molar refractivity (Wildman–Crippen MR) is 144 cm³/mol. The second kappa shape index (κ2) is 9.50. The van der Waals surface area contributed by atoms with E-state index in [0.29, 0.717) is 0 Å². The van der Waals surface area contributed by atoms with Gasteiger partial charge in [0.15, 0.2) is 0 Å². The first-order valence-corrected chi connectivity index (χ1v) is 11.7. The van der Waals surface area contributed by atoms with Crippen LogP contribution in [0.2, 0.25) is 0 Å². The van der Waals surface area contributed by atoms with Gasteiger partial charge in [0.25, 0.3) is 0 Å². The molecular formula is C32H33N. The highest BCUT2D eigenvalue weighted by Gasteiger charge is 2.28. The van der Waals surface area contributed by atoms with E-state index in [4.69, 9.17) is 0 Å². The van der Waals surface area contributed by atoms with Crippen LogP contribution < -0.4 is 4.90 Å². The number of rotatable bonds is 6. The maximum absolute atomic E-state index is 4.54. The molecule has 1 nitrogen and oxygen atoms in total. The lowest BCUT2D eigenvalue weighted by molar-refractivity contribution is 1.11. The third-order valence-corrected chi connectivity index (χ3v) is 6.72. The zero-order valence-corrected chi connectivity index (χ0v) is 20.3. The summed E-state index contributed by atoms with van der Waals surface area (Å²) in [6.07, 6.45) is 1.98. The Labute approximate surface area is 199 Å². The van der Waals surface area contributed by atoms with Crippen LogP contribution in [-0.4, -0.2) is 7.05 Å². The van der Waals surface area contributed by atoms with E-state index in [-0.39, 0.29) is 0 Å². The lowest BCUT2D eigenvalue weighted by Gasteiger charge is -2.27. The molecule has 166 valence electrons. The van der Waals surface area contributed by atoms with Gasteiger partial charge in [-0.15, -0.1) is 0 Å². The van der Waals surface area contributed by atoms with Crippen LogP contribution in [0.3, 0.4) is 0 Å². The first kappa shape index (κ1) is 22.6. The fraction of sp³-hybridized carbons (Fsp3) is 0.188. The van der Waals surface area contributed by atoms with E-state index in [1.165, 1.54) is 39.0 Å². The van der Waals surface area contributed by atoms with Crippen molar-refractivity contribution < 1.29 is 0 Å². The van der Waals surface area contributed by atoms with E-state index in [1.54, 1.807) is 0 Å². The van der Waals surface area contributed by atoms with Crippen LogP contribution in [0.4, 0.5) is 5.69 Å². The van der Waals surface area contributed by atoms with Gasteiger partial charge in [-0.2, -0.15) is 0 Å². The molecular weight excluding hydrogens is 398 g/mol. The van der Waals surface area contributed by atoms with Crippen molar-refractivity contribution in [1.82, 2.24) is 0 Å². The average Bonchev–Trinajstić information content (AvgIpc) is 3.22. The molecule has 33 heavy (non-hydrogen) atoms. The van der Waals surface area contributed by atoms with Gasteiger partial charge in [0, 0.05) is 24.0 Å². The summed E-state index contributed by atoms with van der Waals surface area (Å²) in [5.74, 6) is 0. The molecule has 1 aliphatic rings. The fourth-order valence-electron chi connectivity index (χ4n) is 4.71. The van der Waals surface area contributed by atoms with Crippen LogP contribution in [0.5, 0.6) is 0 Å². The highest BCUT2D eigenvalue weighted by molar-refractivity contribution is 5.98. The molecule has 0 fully saturated rings. The monoisotopic (exact) mass is 431 g/mol. The minimum absolute atomic E-state index is 0.923. The van der Waals surface area contributed by atoms with E-state index in [9.17, 15) is 0 Å². The van der Waals surface area contributed by atoms with Crippen LogP contribution in [0.1, 0.15) is 43.0 Å². The molecule has 0 spiro atoms. The Hall–Kier alpha value is -3.58. The summed E-state index contributed by atoms with van der Waals surface area (Å²) in [4.78, 5) is 2.17. The number of aryl methyl sites for hydroxylation is 1. The van der Waals surface area contributed by atoms with E-state index in [2.05, 4.69) is 119 Å². The molecule has 0 amide bonds. The molecule has 0 bridgehead atoms. The highest BCUT2D eigenvalue weighted by Crippen LogP contribution is 2.45. The summed E-state index contributed by atoms with van der Waals surface area (Å²) in [6.45, 7) is 15.5. The van der Waals surface area contributed by atoms with Crippen LogP contribution >= 0.6 is 0 Å². The molecule has 0 atom stereocenters. The lowest BCUT2D eigenvalue weighted by atomic mass is 9.88. The quantitative estimate of drug-likeness (QED) is 0.380. The van der Waals surface area contributed by atoms with Crippen molar-refractivity contribution >= 4 is 16.8 Å². The van der Waals surface area contributed by atoms with Gasteiger partial charge in [0.05, 0.1) is 0 Å². The molecule has 3 aromatic rings. The van der Waals surface area contributed by atoms with Gasteiger partial charge in [-0.3, -0.25) is 0 Å². The van der Waals surface area contributed by atoms with Crippen molar-refractivity contribution in [2.75, 3.05) is 11.9 Å². The predicted octanol–water partition coefficient (Wildman–Crippen LogP) is 8.26. The van der Waals surface area contributed by atoms with Gasteiger partial charge in [-0.05, 0) is 83.4 Å². The second-order valence-electron chi connectivity index (χ2n) is 8.86. The number of likely N-dealkylation sites (N-methyl/N-ethyl adjacent to an activating group) is 1. The maximum atomic E-state index is 4.54. The third kappa shape index (κ3) is 4.36. The van der Waals surface area contributed by atoms with Gasteiger partial charge in [0.2, 0.25) is 0 Å². The Bertz CT molecular complexity index is 1250. The van der Waals surface area contributed by atoms with Gasteiger partial charge in [-0.1, -0.05) is 86.8 Å². The van der Waals surface area contributed by atoms with E-state index >= 15 is 0 Å². The van der Waals surface area contributed by atoms with Gasteiger partial charge in [-0.25, -0.2) is 0 Å². The first-order valence-electron chi connectivity index (χ1n) is 11.7. The normalized spacial score (nSPS) is 15.6. The maximum Gasteiger partial charge on any atom is 0.0417 e.